The molecule has 0 aliphatic heterocycles. The summed E-state index contributed by atoms with van der Waals surface area (Å²) in [5.74, 6) is -5.60. The van der Waals surface area contributed by atoms with Crippen molar-refractivity contribution in [3.63, 3.8) is 0 Å². The summed E-state index contributed by atoms with van der Waals surface area (Å²) in [7, 11) is 0. The van der Waals surface area contributed by atoms with Gasteiger partial charge in [0.25, 0.3) is 11.5 Å². The number of hydrogen-bond donors (Lipinski definition) is 4. The summed E-state index contributed by atoms with van der Waals surface area (Å²) in [5, 5.41) is 28.2. The number of hydrogen-bond acceptors (Lipinski definition) is 5. The summed E-state index contributed by atoms with van der Waals surface area (Å²) in [6.07, 6.45) is -2.94. The normalized spacial score (nSPS) is 32.5. The summed E-state index contributed by atoms with van der Waals surface area (Å²) >= 11 is 1.55. The van der Waals surface area contributed by atoms with E-state index < -0.39 is 47.9 Å². The molecule has 2 rings (SSSR count). The van der Waals surface area contributed by atoms with E-state index in [1.165, 1.54) is 0 Å². The van der Waals surface area contributed by atoms with Gasteiger partial charge in [-0.25, -0.2) is 13.6 Å². The van der Waals surface area contributed by atoms with Crippen LogP contribution in [0.3, 0.4) is 0 Å². The summed E-state index contributed by atoms with van der Waals surface area (Å²) < 4.78 is 28.7. The van der Waals surface area contributed by atoms with Crippen molar-refractivity contribution in [3.8, 4) is 0 Å². The van der Waals surface area contributed by atoms with Crippen molar-refractivity contribution in [1.82, 2.24) is 9.55 Å². The summed E-state index contributed by atoms with van der Waals surface area (Å²) in [4.78, 5) is 24.7. The molecule has 1 aromatic heterocycles. The zero-order valence-electron chi connectivity index (χ0n) is 9.83. The Morgan fingerprint density at radius 3 is 2.45 bits per heavy atom. The molecule has 0 spiro atoms. The van der Waals surface area contributed by atoms with E-state index >= 15 is 0 Å². The van der Waals surface area contributed by atoms with Crippen molar-refractivity contribution < 1.29 is 24.1 Å². The molecule has 1 aliphatic rings. The van der Waals surface area contributed by atoms with Crippen molar-refractivity contribution in [1.29, 1.82) is 0 Å². The highest BCUT2D eigenvalue weighted by atomic mass is 127. The van der Waals surface area contributed by atoms with Gasteiger partial charge in [-0.05, 0) is 22.6 Å². The second-order valence-corrected chi connectivity index (χ2v) is 5.70. The van der Waals surface area contributed by atoms with Gasteiger partial charge >= 0.3 is 5.69 Å². The molecule has 4 atom stereocenters. The molecule has 2 unspecified atom stereocenters. The van der Waals surface area contributed by atoms with Crippen molar-refractivity contribution in [2.75, 3.05) is 6.61 Å². The number of alkyl halides is 2. The van der Waals surface area contributed by atoms with Crippen molar-refractivity contribution in [2.24, 2.45) is 5.92 Å². The number of rotatable bonds is 2. The third kappa shape index (κ3) is 2.19. The lowest BCUT2D eigenvalue weighted by Gasteiger charge is -2.25. The van der Waals surface area contributed by atoms with Gasteiger partial charge in [0.15, 0.2) is 0 Å². The van der Waals surface area contributed by atoms with E-state index in [4.69, 9.17) is 5.11 Å². The van der Waals surface area contributed by atoms with Crippen LogP contribution in [-0.4, -0.2) is 49.6 Å². The van der Waals surface area contributed by atoms with E-state index in [1.807, 2.05) is 4.98 Å². The van der Waals surface area contributed by atoms with Gasteiger partial charge in [-0.15, -0.1) is 0 Å². The zero-order chi connectivity index (χ0) is 15.2. The molecule has 1 aliphatic carbocycles. The van der Waals surface area contributed by atoms with Gasteiger partial charge in [-0.1, -0.05) is 0 Å². The van der Waals surface area contributed by atoms with E-state index in [-0.39, 0.29) is 3.57 Å². The number of aromatic amines is 1. The number of nitrogens with zero attached hydrogens (tertiary/aromatic N) is 1. The second-order valence-electron chi connectivity index (χ2n) is 4.53. The van der Waals surface area contributed by atoms with E-state index in [0.717, 1.165) is 6.20 Å². The Labute approximate surface area is 124 Å². The molecule has 20 heavy (non-hydrogen) atoms. The predicted octanol–water partition coefficient (Wildman–Crippen LogP) is -1.34. The van der Waals surface area contributed by atoms with Gasteiger partial charge in [-0.3, -0.25) is 14.3 Å². The van der Waals surface area contributed by atoms with Crippen LogP contribution in [0.25, 0.3) is 0 Å². The Kier molecular flexibility index (Phi) is 4.01. The molecule has 1 aromatic rings. The van der Waals surface area contributed by atoms with E-state index in [2.05, 4.69) is 0 Å². The highest BCUT2D eigenvalue weighted by Crippen LogP contribution is 2.47. The van der Waals surface area contributed by atoms with E-state index in [1.54, 1.807) is 22.6 Å². The topological polar surface area (TPSA) is 116 Å². The van der Waals surface area contributed by atoms with Crippen LogP contribution in [0.2, 0.25) is 0 Å². The molecule has 0 radical (unpaired) electrons. The second kappa shape index (κ2) is 5.16. The molecule has 0 aromatic carbocycles. The van der Waals surface area contributed by atoms with Crippen LogP contribution in [-0.2, 0) is 0 Å². The van der Waals surface area contributed by atoms with Gasteiger partial charge in [0, 0.05) is 6.20 Å². The first-order chi connectivity index (χ1) is 9.21. The highest BCUT2D eigenvalue weighted by molar-refractivity contribution is 14.1. The number of nitrogens with one attached hydrogen (secondary N) is 1. The maximum Gasteiger partial charge on any atom is 0.328 e. The molecular formula is C10H11F2IN2O5. The summed E-state index contributed by atoms with van der Waals surface area (Å²) in [6.45, 7) is -1.04. The standard InChI is InChI=1S/C10H11F2IN2O5/c11-10(12)3(2-16)5(17)6(18)7(10)15-1-4(13)8(19)14-9(15)20/h1,3,5-7,16-18H,2H2,(H,14,19,20)/t3-,5?,6?,7+/m1/s1. The number of aliphatic hydroxyl groups excluding tert-OH is 3. The fourth-order valence-corrected chi connectivity index (χ4v) is 2.78. The SMILES string of the molecule is O=c1[nH]c(=O)n([C@H]2C(O)C(O)[C@@H](CO)C2(F)F)cc1I. The minimum absolute atomic E-state index is 0.0212. The van der Waals surface area contributed by atoms with Gasteiger partial charge in [-0.2, -0.15) is 0 Å². The highest BCUT2D eigenvalue weighted by Gasteiger charge is 2.63. The van der Waals surface area contributed by atoms with Crippen molar-refractivity contribution in [3.05, 3.63) is 30.6 Å². The number of aliphatic hydroxyl groups is 3. The van der Waals surface area contributed by atoms with Crippen LogP contribution in [0.15, 0.2) is 15.8 Å². The Hall–Kier alpha value is -0.850. The first kappa shape index (κ1) is 15.5. The van der Waals surface area contributed by atoms with Gasteiger partial charge in [0.2, 0.25) is 0 Å². The third-order valence-electron chi connectivity index (χ3n) is 3.40. The Balaban J connectivity index is 2.60. The maximum absolute atomic E-state index is 14.1. The summed E-state index contributed by atoms with van der Waals surface area (Å²) in [6, 6.07) is -2.06. The van der Waals surface area contributed by atoms with Crippen molar-refractivity contribution in [2.45, 2.75) is 24.2 Å². The minimum Gasteiger partial charge on any atom is -0.396 e. The van der Waals surface area contributed by atoms with Crippen LogP contribution in [0.5, 0.6) is 0 Å². The zero-order valence-corrected chi connectivity index (χ0v) is 12.0. The van der Waals surface area contributed by atoms with Gasteiger partial charge in [0.1, 0.15) is 12.1 Å². The molecule has 0 saturated heterocycles. The van der Waals surface area contributed by atoms with Gasteiger partial charge in [0.05, 0.1) is 22.2 Å². The van der Waals surface area contributed by atoms with E-state index in [0.29, 0.717) is 4.57 Å². The molecule has 10 heteroatoms. The monoisotopic (exact) mass is 404 g/mol. The first-order valence-corrected chi connectivity index (χ1v) is 6.65. The van der Waals surface area contributed by atoms with Crippen molar-refractivity contribution >= 4 is 22.6 Å². The van der Waals surface area contributed by atoms with Crippen LogP contribution in [0.4, 0.5) is 8.78 Å². The maximum atomic E-state index is 14.1. The third-order valence-corrected chi connectivity index (χ3v) is 4.16. The molecule has 7 nitrogen and oxygen atoms in total. The molecule has 0 amide bonds. The lowest BCUT2D eigenvalue weighted by molar-refractivity contribution is -0.102. The Morgan fingerprint density at radius 1 is 1.35 bits per heavy atom. The number of H-pyrrole nitrogens is 1. The molecule has 1 fully saturated rings. The Morgan fingerprint density at radius 2 is 1.95 bits per heavy atom. The molecule has 112 valence electrons. The smallest absolute Gasteiger partial charge is 0.328 e. The van der Waals surface area contributed by atoms with Gasteiger partial charge < -0.3 is 15.3 Å². The lowest BCUT2D eigenvalue weighted by Crippen LogP contribution is -2.43. The molecule has 4 N–H and O–H groups in total. The largest absolute Gasteiger partial charge is 0.396 e. The average Bonchev–Trinajstić information content (AvgIpc) is 2.51. The quantitative estimate of drug-likeness (QED) is 0.456. The first-order valence-electron chi connectivity index (χ1n) is 5.57. The average molecular weight is 404 g/mol. The van der Waals surface area contributed by atoms with E-state index in [9.17, 15) is 28.6 Å². The Bertz CT molecular complexity index is 631. The molecule has 1 heterocycles. The predicted molar refractivity (Wildman–Crippen MR) is 70.6 cm³/mol. The molecular weight excluding hydrogens is 393 g/mol. The van der Waals surface area contributed by atoms with Crippen LogP contribution >= 0.6 is 22.6 Å². The fraction of sp³-hybridized carbons (Fsp3) is 0.600. The molecule has 1 saturated carbocycles. The van der Waals surface area contributed by atoms with Crippen LogP contribution < -0.4 is 11.2 Å². The van der Waals surface area contributed by atoms with Crippen LogP contribution in [0.1, 0.15) is 6.04 Å². The van der Waals surface area contributed by atoms with Crippen LogP contribution in [0, 0.1) is 9.49 Å². The minimum atomic E-state index is -3.71. The lowest BCUT2D eigenvalue weighted by atomic mass is 10.0. The number of aromatic nitrogens is 2. The molecule has 0 bridgehead atoms. The summed E-state index contributed by atoms with van der Waals surface area (Å²) in [5.41, 5.74) is -1.85. The number of halogens is 3. The fourth-order valence-electron chi connectivity index (χ4n) is 2.35.